The van der Waals surface area contributed by atoms with Crippen LogP contribution in [-0.4, -0.2) is 31.1 Å². The fourth-order valence-corrected chi connectivity index (χ4v) is 3.37. The molecule has 0 unspecified atom stereocenters. The largest absolute Gasteiger partial charge is 0.416 e. The van der Waals surface area contributed by atoms with Crippen LogP contribution in [0.3, 0.4) is 0 Å². The Morgan fingerprint density at radius 1 is 0.889 bits per heavy atom. The molecule has 0 aromatic heterocycles. The van der Waals surface area contributed by atoms with Gasteiger partial charge in [-0.2, -0.15) is 26.3 Å². The van der Waals surface area contributed by atoms with Gasteiger partial charge in [0.25, 0.3) is 0 Å². The second kappa shape index (κ2) is 9.20. The first-order valence-electron chi connectivity index (χ1n) is 8.05. The van der Waals surface area contributed by atoms with Crippen molar-refractivity contribution in [2.45, 2.75) is 39.2 Å². The first-order valence-corrected chi connectivity index (χ1v) is 8.05. The van der Waals surface area contributed by atoms with Crippen molar-refractivity contribution in [2.75, 3.05) is 26.2 Å². The van der Waals surface area contributed by atoms with Crippen LogP contribution in [0.25, 0.3) is 0 Å². The fourth-order valence-electron chi connectivity index (χ4n) is 3.37. The third-order valence-electron chi connectivity index (χ3n) is 4.32. The topological polar surface area (TPSA) is 15.3 Å². The van der Waals surface area contributed by atoms with Crippen molar-refractivity contribution in [3.8, 4) is 0 Å². The SMILES string of the molecule is CC(C)(C)[C@H](c1cc(C(F)(F)F)ccc1C(F)(F)F)N1CCNCC1.Cl.Cl. The summed E-state index contributed by atoms with van der Waals surface area (Å²) in [5.74, 6) is 0. The molecule has 1 atom stereocenters. The quantitative estimate of drug-likeness (QED) is 0.605. The van der Waals surface area contributed by atoms with E-state index >= 15 is 0 Å². The van der Waals surface area contributed by atoms with Crippen molar-refractivity contribution < 1.29 is 26.3 Å². The van der Waals surface area contributed by atoms with E-state index in [2.05, 4.69) is 5.32 Å². The zero-order chi connectivity index (χ0) is 19.0. The number of alkyl halides is 6. The van der Waals surface area contributed by atoms with E-state index in [1.165, 1.54) is 0 Å². The molecule has 27 heavy (non-hydrogen) atoms. The van der Waals surface area contributed by atoms with Gasteiger partial charge in [0.15, 0.2) is 0 Å². The van der Waals surface area contributed by atoms with Crippen molar-refractivity contribution in [3.05, 3.63) is 34.9 Å². The smallest absolute Gasteiger partial charge is 0.314 e. The molecule has 1 saturated heterocycles. The average Bonchev–Trinajstić information content (AvgIpc) is 2.45. The highest BCUT2D eigenvalue weighted by Gasteiger charge is 2.42. The second-order valence-electron chi connectivity index (χ2n) is 7.35. The van der Waals surface area contributed by atoms with Crippen molar-refractivity contribution in [1.29, 1.82) is 0 Å². The summed E-state index contributed by atoms with van der Waals surface area (Å²) in [5.41, 5.74) is -3.03. The summed E-state index contributed by atoms with van der Waals surface area (Å²) in [4.78, 5) is 1.83. The molecule has 10 heteroatoms. The molecule has 158 valence electrons. The van der Waals surface area contributed by atoms with Gasteiger partial charge in [0.1, 0.15) is 0 Å². The van der Waals surface area contributed by atoms with E-state index in [4.69, 9.17) is 0 Å². The Morgan fingerprint density at radius 2 is 1.41 bits per heavy atom. The number of hydrogen-bond donors (Lipinski definition) is 1. The molecular formula is C17H24Cl2F6N2. The second-order valence-corrected chi connectivity index (χ2v) is 7.35. The van der Waals surface area contributed by atoms with Crippen LogP contribution in [0.5, 0.6) is 0 Å². The van der Waals surface area contributed by atoms with Crippen LogP contribution in [0.4, 0.5) is 26.3 Å². The Bertz CT molecular complexity index is 605. The highest BCUT2D eigenvalue weighted by atomic mass is 35.5. The number of piperazine rings is 1. The minimum atomic E-state index is -4.71. The van der Waals surface area contributed by atoms with E-state index in [1.807, 2.05) is 4.90 Å². The summed E-state index contributed by atoms with van der Waals surface area (Å²) < 4.78 is 79.7. The lowest BCUT2D eigenvalue weighted by Gasteiger charge is -2.43. The Hall–Kier alpha value is -0.700. The average molecular weight is 441 g/mol. The maximum Gasteiger partial charge on any atom is 0.416 e. The molecule has 1 aromatic rings. The van der Waals surface area contributed by atoms with Gasteiger partial charge in [0, 0.05) is 32.2 Å². The number of nitrogens with one attached hydrogen (secondary N) is 1. The third-order valence-corrected chi connectivity index (χ3v) is 4.32. The molecule has 1 aromatic carbocycles. The molecule has 2 nitrogen and oxygen atoms in total. The van der Waals surface area contributed by atoms with E-state index in [0.29, 0.717) is 44.4 Å². The molecule has 0 spiro atoms. The molecule has 0 bridgehead atoms. The Balaban J connectivity index is 0.00000338. The number of benzene rings is 1. The van der Waals surface area contributed by atoms with Crippen molar-refractivity contribution in [3.63, 3.8) is 0 Å². The zero-order valence-electron chi connectivity index (χ0n) is 15.2. The maximum absolute atomic E-state index is 13.5. The molecule has 0 amide bonds. The first kappa shape index (κ1) is 26.3. The van der Waals surface area contributed by atoms with Crippen molar-refractivity contribution >= 4 is 24.8 Å². The fraction of sp³-hybridized carbons (Fsp3) is 0.647. The Labute approximate surface area is 167 Å². The molecule has 1 heterocycles. The van der Waals surface area contributed by atoms with Crippen molar-refractivity contribution in [1.82, 2.24) is 10.2 Å². The zero-order valence-corrected chi connectivity index (χ0v) is 16.8. The molecule has 1 N–H and O–H groups in total. The first-order chi connectivity index (χ1) is 11.3. The van der Waals surface area contributed by atoms with Gasteiger partial charge in [-0.1, -0.05) is 20.8 Å². The summed E-state index contributed by atoms with van der Waals surface area (Å²) in [7, 11) is 0. The van der Waals surface area contributed by atoms with E-state index in [-0.39, 0.29) is 30.4 Å². The lowest BCUT2D eigenvalue weighted by molar-refractivity contribution is -0.142. The van der Waals surface area contributed by atoms with Crippen molar-refractivity contribution in [2.24, 2.45) is 5.41 Å². The summed E-state index contributed by atoms with van der Waals surface area (Å²) in [6.45, 7) is 7.39. The highest BCUT2D eigenvalue weighted by molar-refractivity contribution is 5.85. The van der Waals surface area contributed by atoms with Gasteiger partial charge in [0.05, 0.1) is 11.1 Å². The van der Waals surface area contributed by atoms with Gasteiger partial charge in [0.2, 0.25) is 0 Å². The Morgan fingerprint density at radius 3 is 1.81 bits per heavy atom. The van der Waals surface area contributed by atoms with Gasteiger partial charge in [-0.25, -0.2) is 0 Å². The van der Waals surface area contributed by atoms with Crippen LogP contribution in [0.15, 0.2) is 18.2 Å². The summed E-state index contributed by atoms with van der Waals surface area (Å²) >= 11 is 0. The standard InChI is InChI=1S/C17H22F6N2.2ClH/c1-15(2,3)14(25-8-6-24-7-9-25)12-10-11(16(18,19)20)4-5-13(12)17(21,22)23;;/h4-5,10,14,24H,6-9H2,1-3H3;2*1H/t14-;;/m0../s1. The molecule has 1 fully saturated rings. The van der Waals surface area contributed by atoms with E-state index in [0.717, 1.165) is 0 Å². The van der Waals surface area contributed by atoms with E-state index in [9.17, 15) is 26.3 Å². The minimum Gasteiger partial charge on any atom is -0.314 e. The molecule has 1 aliphatic heterocycles. The monoisotopic (exact) mass is 440 g/mol. The molecular weight excluding hydrogens is 417 g/mol. The maximum atomic E-state index is 13.5. The molecule has 0 aliphatic carbocycles. The predicted octanol–water partition coefficient (Wildman–Crippen LogP) is 5.56. The van der Waals surface area contributed by atoms with Gasteiger partial charge in [-0.15, -0.1) is 24.8 Å². The lowest BCUT2D eigenvalue weighted by atomic mass is 9.78. The van der Waals surface area contributed by atoms with Gasteiger partial charge < -0.3 is 5.32 Å². The Kier molecular flexibility index (Phi) is 8.96. The molecule has 2 rings (SSSR count). The molecule has 0 saturated carbocycles. The van der Waals surface area contributed by atoms with Crippen LogP contribution in [0, 0.1) is 5.41 Å². The summed E-state index contributed by atoms with van der Waals surface area (Å²) in [6, 6.07) is 0.956. The van der Waals surface area contributed by atoms with Crippen LogP contribution >= 0.6 is 24.8 Å². The van der Waals surface area contributed by atoms with Crippen LogP contribution in [0.2, 0.25) is 0 Å². The summed E-state index contributed by atoms with van der Waals surface area (Å²) in [5, 5.41) is 3.11. The van der Waals surface area contributed by atoms with Crippen LogP contribution in [0.1, 0.15) is 43.5 Å². The highest BCUT2D eigenvalue weighted by Crippen LogP contribution is 2.45. The number of hydrogen-bond acceptors (Lipinski definition) is 2. The lowest BCUT2D eigenvalue weighted by Crippen LogP contribution is -2.48. The van der Waals surface area contributed by atoms with Crippen LogP contribution in [-0.2, 0) is 12.4 Å². The van der Waals surface area contributed by atoms with E-state index < -0.39 is 34.9 Å². The van der Waals surface area contributed by atoms with Crippen LogP contribution < -0.4 is 5.32 Å². The number of nitrogens with zero attached hydrogens (tertiary/aromatic N) is 1. The normalized spacial score (nSPS) is 17.7. The van der Waals surface area contributed by atoms with Gasteiger partial charge >= 0.3 is 12.4 Å². The third kappa shape index (κ3) is 6.41. The molecule has 1 aliphatic rings. The number of rotatable bonds is 2. The minimum absolute atomic E-state index is 0. The van der Waals surface area contributed by atoms with Gasteiger partial charge in [-0.05, 0) is 29.2 Å². The molecule has 0 radical (unpaired) electrons. The number of halogens is 8. The predicted molar refractivity (Wildman–Crippen MR) is 97.6 cm³/mol. The summed E-state index contributed by atoms with van der Waals surface area (Å²) in [6.07, 6.45) is -9.40. The van der Waals surface area contributed by atoms with E-state index in [1.54, 1.807) is 20.8 Å². The van der Waals surface area contributed by atoms with Gasteiger partial charge in [-0.3, -0.25) is 4.90 Å².